The minimum Gasteiger partial charge on any atom is -0.294 e. The van der Waals surface area contributed by atoms with Crippen LogP contribution >= 0.6 is 0 Å². The molecule has 0 unspecified atom stereocenters. The SMILES string of the molecule is CC(C)CC(=O)c1cncc(F)c1. The largest absolute Gasteiger partial charge is 0.294 e. The zero-order valence-electron chi connectivity index (χ0n) is 7.75. The van der Waals surface area contributed by atoms with E-state index in [0.29, 0.717) is 12.0 Å². The highest BCUT2D eigenvalue weighted by molar-refractivity contribution is 5.95. The number of nitrogens with zero attached hydrogens (tertiary/aromatic N) is 1. The van der Waals surface area contributed by atoms with E-state index in [1.807, 2.05) is 13.8 Å². The Morgan fingerprint density at radius 1 is 1.54 bits per heavy atom. The molecule has 2 nitrogen and oxygen atoms in total. The van der Waals surface area contributed by atoms with Crippen LogP contribution in [0.2, 0.25) is 0 Å². The Hall–Kier alpha value is -1.25. The summed E-state index contributed by atoms with van der Waals surface area (Å²) in [4.78, 5) is 15.0. The molecule has 0 bridgehead atoms. The van der Waals surface area contributed by atoms with Gasteiger partial charge >= 0.3 is 0 Å². The number of hydrogen-bond acceptors (Lipinski definition) is 2. The predicted octanol–water partition coefficient (Wildman–Crippen LogP) is 2.45. The summed E-state index contributed by atoms with van der Waals surface area (Å²) in [5, 5.41) is 0. The van der Waals surface area contributed by atoms with Crippen LogP contribution in [0, 0.1) is 11.7 Å². The lowest BCUT2D eigenvalue weighted by molar-refractivity contribution is 0.0967. The molecule has 0 radical (unpaired) electrons. The maximum Gasteiger partial charge on any atom is 0.164 e. The average Bonchev–Trinajstić information content (AvgIpc) is 2.03. The molecular formula is C10H12FNO. The summed E-state index contributed by atoms with van der Waals surface area (Å²) in [5.74, 6) is -0.229. The summed E-state index contributed by atoms with van der Waals surface area (Å²) in [6, 6.07) is 1.22. The second-order valence-electron chi connectivity index (χ2n) is 3.41. The predicted molar refractivity (Wildman–Crippen MR) is 48.0 cm³/mol. The summed E-state index contributed by atoms with van der Waals surface area (Å²) in [5.41, 5.74) is 0.355. The number of Topliss-reactive ketones (excluding diaryl/α,β-unsaturated/α-hetero) is 1. The Labute approximate surface area is 76.8 Å². The molecule has 3 heteroatoms. The van der Waals surface area contributed by atoms with Crippen molar-refractivity contribution in [2.45, 2.75) is 20.3 Å². The molecule has 0 saturated carbocycles. The molecule has 0 aliphatic carbocycles. The molecule has 0 fully saturated rings. The Balaban J connectivity index is 2.77. The van der Waals surface area contributed by atoms with Crippen LogP contribution in [-0.4, -0.2) is 10.8 Å². The lowest BCUT2D eigenvalue weighted by Gasteiger charge is -2.02. The third kappa shape index (κ3) is 2.93. The van der Waals surface area contributed by atoms with E-state index in [2.05, 4.69) is 4.98 Å². The molecule has 70 valence electrons. The molecule has 1 heterocycles. The van der Waals surface area contributed by atoms with Gasteiger partial charge in [0.05, 0.1) is 6.20 Å². The fraction of sp³-hybridized carbons (Fsp3) is 0.400. The van der Waals surface area contributed by atoms with Crippen molar-refractivity contribution in [3.05, 3.63) is 29.8 Å². The van der Waals surface area contributed by atoms with Crippen molar-refractivity contribution in [2.24, 2.45) is 5.92 Å². The molecule has 0 amide bonds. The van der Waals surface area contributed by atoms with Crippen LogP contribution in [0.5, 0.6) is 0 Å². The van der Waals surface area contributed by atoms with Gasteiger partial charge < -0.3 is 0 Å². The highest BCUT2D eigenvalue weighted by Gasteiger charge is 2.08. The maximum atomic E-state index is 12.7. The van der Waals surface area contributed by atoms with Crippen LogP contribution < -0.4 is 0 Å². The first-order valence-electron chi connectivity index (χ1n) is 4.23. The molecule has 0 aliphatic rings. The van der Waals surface area contributed by atoms with Gasteiger partial charge in [-0.3, -0.25) is 9.78 Å². The highest BCUT2D eigenvalue weighted by Crippen LogP contribution is 2.09. The van der Waals surface area contributed by atoms with E-state index in [-0.39, 0.29) is 11.7 Å². The summed E-state index contributed by atoms with van der Waals surface area (Å²) in [7, 11) is 0. The first-order valence-corrected chi connectivity index (χ1v) is 4.23. The minimum atomic E-state index is -0.463. The summed E-state index contributed by atoms with van der Waals surface area (Å²) >= 11 is 0. The number of rotatable bonds is 3. The van der Waals surface area contributed by atoms with Crippen molar-refractivity contribution in [1.82, 2.24) is 4.98 Å². The maximum absolute atomic E-state index is 12.7. The molecule has 0 saturated heterocycles. The zero-order valence-corrected chi connectivity index (χ0v) is 7.75. The highest BCUT2D eigenvalue weighted by atomic mass is 19.1. The van der Waals surface area contributed by atoms with E-state index >= 15 is 0 Å². The number of carbonyl (C=O) groups is 1. The number of carbonyl (C=O) groups excluding carboxylic acids is 1. The van der Waals surface area contributed by atoms with Crippen molar-refractivity contribution in [3.63, 3.8) is 0 Å². The zero-order chi connectivity index (χ0) is 9.84. The first-order chi connectivity index (χ1) is 6.09. The molecule has 1 rings (SSSR count). The summed E-state index contributed by atoms with van der Waals surface area (Å²) in [6.45, 7) is 3.90. The van der Waals surface area contributed by atoms with Gasteiger partial charge in [-0.1, -0.05) is 13.8 Å². The van der Waals surface area contributed by atoms with Crippen LogP contribution in [-0.2, 0) is 0 Å². The Morgan fingerprint density at radius 3 is 2.77 bits per heavy atom. The quantitative estimate of drug-likeness (QED) is 0.670. The molecule has 0 N–H and O–H groups in total. The second kappa shape index (κ2) is 4.12. The molecule has 1 aromatic heterocycles. The van der Waals surface area contributed by atoms with E-state index in [1.165, 1.54) is 12.3 Å². The van der Waals surface area contributed by atoms with E-state index in [4.69, 9.17) is 0 Å². The Morgan fingerprint density at radius 2 is 2.23 bits per heavy atom. The van der Waals surface area contributed by atoms with Crippen molar-refractivity contribution >= 4 is 5.78 Å². The van der Waals surface area contributed by atoms with Gasteiger partial charge in [-0.25, -0.2) is 4.39 Å². The summed E-state index contributed by atoms with van der Waals surface area (Å²) < 4.78 is 12.7. The number of ketones is 1. The van der Waals surface area contributed by atoms with Crippen LogP contribution in [0.1, 0.15) is 30.6 Å². The fourth-order valence-electron chi connectivity index (χ4n) is 1.05. The standard InChI is InChI=1S/C10H12FNO/c1-7(2)3-10(13)8-4-9(11)6-12-5-8/h4-7H,3H2,1-2H3. The smallest absolute Gasteiger partial charge is 0.164 e. The van der Waals surface area contributed by atoms with Gasteiger partial charge in [0.15, 0.2) is 5.78 Å². The van der Waals surface area contributed by atoms with E-state index in [9.17, 15) is 9.18 Å². The van der Waals surface area contributed by atoms with E-state index in [1.54, 1.807) is 0 Å². The Bertz CT molecular complexity index is 310. The van der Waals surface area contributed by atoms with Gasteiger partial charge in [-0.15, -0.1) is 0 Å². The van der Waals surface area contributed by atoms with Crippen molar-refractivity contribution in [1.29, 1.82) is 0 Å². The number of pyridine rings is 1. The third-order valence-corrected chi connectivity index (χ3v) is 1.62. The van der Waals surface area contributed by atoms with Crippen molar-refractivity contribution in [3.8, 4) is 0 Å². The number of hydrogen-bond donors (Lipinski definition) is 0. The van der Waals surface area contributed by atoms with Gasteiger partial charge in [0.25, 0.3) is 0 Å². The molecule has 0 atom stereocenters. The summed E-state index contributed by atoms with van der Waals surface area (Å²) in [6.07, 6.45) is 2.92. The van der Waals surface area contributed by atoms with E-state index in [0.717, 1.165) is 6.20 Å². The first kappa shape index (κ1) is 9.84. The normalized spacial score (nSPS) is 10.5. The van der Waals surface area contributed by atoms with Gasteiger partial charge in [-0.05, 0) is 12.0 Å². The van der Waals surface area contributed by atoms with Crippen molar-refractivity contribution < 1.29 is 9.18 Å². The van der Waals surface area contributed by atoms with Crippen LogP contribution in [0.25, 0.3) is 0 Å². The molecule has 13 heavy (non-hydrogen) atoms. The molecule has 0 spiro atoms. The van der Waals surface area contributed by atoms with Crippen LogP contribution in [0.3, 0.4) is 0 Å². The second-order valence-corrected chi connectivity index (χ2v) is 3.41. The molecular weight excluding hydrogens is 169 g/mol. The van der Waals surface area contributed by atoms with Gasteiger partial charge in [-0.2, -0.15) is 0 Å². The fourth-order valence-corrected chi connectivity index (χ4v) is 1.05. The van der Waals surface area contributed by atoms with E-state index < -0.39 is 5.82 Å². The average molecular weight is 181 g/mol. The Kier molecular flexibility index (Phi) is 3.12. The van der Waals surface area contributed by atoms with Gasteiger partial charge in [0.1, 0.15) is 5.82 Å². The van der Waals surface area contributed by atoms with Gasteiger partial charge in [0.2, 0.25) is 0 Å². The van der Waals surface area contributed by atoms with Crippen molar-refractivity contribution in [2.75, 3.05) is 0 Å². The number of aromatic nitrogens is 1. The molecule has 1 aromatic rings. The molecule has 0 aromatic carbocycles. The van der Waals surface area contributed by atoms with Crippen LogP contribution in [0.15, 0.2) is 18.5 Å². The van der Waals surface area contributed by atoms with Crippen LogP contribution in [0.4, 0.5) is 4.39 Å². The molecule has 0 aliphatic heterocycles. The lowest BCUT2D eigenvalue weighted by Crippen LogP contribution is -2.04. The van der Waals surface area contributed by atoms with Gasteiger partial charge in [0, 0.05) is 18.2 Å². The minimum absolute atomic E-state index is 0.0537. The number of halogens is 1. The lowest BCUT2D eigenvalue weighted by atomic mass is 10.0. The third-order valence-electron chi connectivity index (χ3n) is 1.62. The topological polar surface area (TPSA) is 30.0 Å². The monoisotopic (exact) mass is 181 g/mol.